The Hall–Kier alpha value is -2.05. The highest BCUT2D eigenvalue weighted by molar-refractivity contribution is 6.31. The number of nitrogens with zero attached hydrogens (tertiary/aromatic N) is 4. The van der Waals surface area contributed by atoms with Crippen LogP contribution >= 0.6 is 11.6 Å². The van der Waals surface area contributed by atoms with Crippen molar-refractivity contribution in [1.82, 2.24) is 19.4 Å². The van der Waals surface area contributed by atoms with E-state index in [-0.39, 0.29) is 5.91 Å². The number of imidazole rings is 1. The normalized spacial score (nSPS) is 21.9. The highest BCUT2D eigenvalue weighted by Gasteiger charge is 2.41. The van der Waals surface area contributed by atoms with E-state index in [0.717, 1.165) is 62.0 Å². The van der Waals surface area contributed by atoms with Gasteiger partial charge in [-0.1, -0.05) is 17.7 Å². The van der Waals surface area contributed by atoms with E-state index < -0.39 is 0 Å². The van der Waals surface area contributed by atoms with Crippen molar-refractivity contribution in [1.29, 1.82) is 0 Å². The molecule has 0 bridgehead atoms. The lowest BCUT2D eigenvalue weighted by atomic mass is 10.0. The highest BCUT2D eigenvalue weighted by Crippen LogP contribution is 2.31. The van der Waals surface area contributed by atoms with E-state index in [4.69, 9.17) is 11.6 Å². The third-order valence-corrected chi connectivity index (χ3v) is 6.42. The van der Waals surface area contributed by atoms with Crippen LogP contribution in [0.15, 0.2) is 30.6 Å². The molecule has 0 radical (unpaired) electrons. The smallest absolute Gasteiger partial charge is 0.289 e. The van der Waals surface area contributed by atoms with E-state index >= 15 is 0 Å². The van der Waals surface area contributed by atoms with Crippen LogP contribution in [-0.4, -0.2) is 64.5 Å². The van der Waals surface area contributed by atoms with E-state index in [1.165, 1.54) is 0 Å². The molecule has 2 unspecified atom stereocenters. The van der Waals surface area contributed by atoms with E-state index in [9.17, 15) is 4.79 Å². The summed E-state index contributed by atoms with van der Waals surface area (Å²) >= 11 is 6.18. The number of halogens is 1. The minimum absolute atomic E-state index is 0.0643. The van der Waals surface area contributed by atoms with Gasteiger partial charge in [0.25, 0.3) is 5.91 Å². The molecule has 2 saturated heterocycles. The fourth-order valence-corrected chi connectivity index (χ4v) is 4.57. The van der Waals surface area contributed by atoms with Gasteiger partial charge in [-0.15, -0.1) is 0 Å². The van der Waals surface area contributed by atoms with E-state index in [2.05, 4.69) is 21.3 Å². The second kappa shape index (κ2) is 8.13. The Morgan fingerprint density at radius 2 is 2.00 bits per heavy atom. The second-order valence-corrected chi connectivity index (χ2v) is 8.50. The number of carbonyl (C=O) groups excluding carboxylic acids is 1. The van der Waals surface area contributed by atoms with Crippen LogP contribution in [-0.2, 0) is 7.05 Å². The van der Waals surface area contributed by atoms with Crippen LogP contribution in [0.1, 0.15) is 22.6 Å². The van der Waals surface area contributed by atoms with Crippen molar-refractivity contribution in [2.24, 2.45) is 18.9 Å². The summed E-state index contributed by atoms with van der Waals surface area (Å²) in [6, 6.07) is 6.11. The summed E-state index contributed by atoms with van der Waals surface area (Å²) in [7, 11) is 1.87. The van der Waals surface area contributed by atoms with Gasteiger partial charge in [0.2, 0.25) is 0 Å². The van der Waals surface area contributed by atoms with Crippen LogP contribution in [0.3, 0.4) is 0 Å². The number of carbonyl (C=O) groups is 1. The van der Waals surface area contributed by atoms with Crippen LogP contribution in [0.5, 0.6) is 0 Å². The number of fused-ring (bicyclic) bond motifs is 1. The number of aromatic nitrogens is 2. The topological polar surface area (TPSA) is 53.4 Å². The highest BCUT2D eigenvalue weighted by atomic mass is 35.5. The lowest BCUT2D eigenvalue weighted by molar-refractivity contribution is 0.0758. The van der Waals surface area contributed by atoms with Gasteiger partial charge in [-0.25, -0.2) is 4.98 Å². The third-order valence-electron chi connectivity index (χ3n) is 6.01. The van der Waals surface area contributed by atoms with E-state index in [0.29, 0.717) is 17.7 Å². The molecule has 7 heteroatoms. The van der Waals surface area contributed by atoms with Gasteiger partial charge in [-0.05, 0) is 49.4 Å². The molecular weight excluding hydrogens is 374 g/mol. The number of anilines is 1. The number of rotatable bonds is 6. The molecule has 1 N–H and O–H groups in total. The molecule has 1 amide bonds. The minimum Gasteiger partial charge on any atom is -0.385 e. The van der Waals surface area contributed by atoms with Crippen LogP contribution < -0.4 is 5.32 Å². The van der Waals surface area contributed by atoms with Crippen LogP contribution in [0.25, 0.3) is 0 Å². The lowest BCUT2D eigenvalue weighted by Crippen LogP contribution is -2.35. The molecule has 2 fully saturated rings. The summed E-state index contributed by atoms with van der Waals surface area (Å²) in [5.74, 6) is 1.79. The fourth-order valence-electron chi connectivity index (χ4n) is 4.39. The van der Waals surface area contributed by atoms with Crippen molar-refractivity contribution in [3.05, 3.63) is 47.0 Å². The Balaban J connectivity index is 1.19. The van der Waals surface area contributed by atoms with Crippen molar-refractivity contribution in [3.63, 3.8) is 0 Å². The molecule has 1 aromatic heterocycles. The number of aryl methyl sites for hydroxylation is 2. The van der Waals surface area contributed by atoms with Crippen molar-refractivity contribution in [3.8, 4) is 0 Å². The number of benzene rings is 1. The van der Waals surface area contributed by atoms with Crippen LogP contribution in [0, 0.1) is 18.8 Å². The Morgan fingerprint density at radius 3 is 2.64 bits per heavy atom. The molecule has 0 spiro atoms. The van der Waals surface area contributed by atoms with Gasteiger partial charge in [0.1, 0.15) is 0 Å². The maximum atomic E-state index is 12.6. The van der Waals surface area contributed by atoms with E-state index in [1.807, 2.05) is 37.2 Å². The molecule has 0 aliphatic carbocycles. The predicted octanol–water partition coefficient (Wildman–Crippen LogP) is 2.89. The molecule has 4 rings (SSSR count). The molecular formula is C21H28ClN5O. The molecule has 6 nitrogen and oxygen atoms in total. The van der Waals surface area contributed by atoms with Crippen molar-refractivity contribution in [2.45, 2.75) is 13.3 Å². The summed E-state index contributed by atoms with van der Waals surface area (Å²) in [5, 5.41) is 4.26. The quantitative estimate of drug-likeness (QED) is 0.756. The summed E-state index contributed by atoms with van der Waals surface area (Å²) in [6.45, 7) is 7.93. The minimum atomic E-state index is 0.0643. The van der Waals surface area contributed by atoms with Gasteiger partial charge >= 0.3 is 0 Å². The summed E-state index contributed by atoms with van der Waals surface area (Å²) < 4.78 is 1.80. The number of likely N-dealkylation sites (tertiary alicyclic amines) is 2. The van der Waals surface area contributed by atoms with Crippen molar-refractivity contribution >= 4 is 23.2 Å². The fraction of sp³-hybridized carbons (Fsp3) is 0.524. The van der Waals surface area contributed by atoms with Gasteiger partial charge in [0.15, 0.2) is 5.82 Å². The Labute approximate surface area is 171 Å². The third kappa shape index (κ3) is 4.03. The molecule has 0 saturated carbocycles. The number of amides is 1. The molecule has 150 valence electrons. The molecule has 3 heterocycles. The first-order valence-electron chi connectivity index (χ1n) is 10.00. The Morgan fingerprint density at radius 1 is 1.25 bits per heavy atom. The first kappa shape index (κ1) is 19.3. The van der Waals surface area contributed by atoms with Crippen molar-refractivity contribution < 1.29 is 4.79 Å². The zero-order valence-corrected chi connectivity index (χ0v) is 17.3. The molecule has 2 aliphatic heterocycles. The Bertz CT molecular complexity index is 837. The lowest BCUT2D eigenvalue weighted by Gasteiger charge is -2.21. The van der Waals surface area contributed by atoms with Crippen molar-refractivity contribution in [2.75, 3.05) is 44.6 Å². The molecule has 1 aromatic carbocycles. The van der Waals surface area contributed by atoms with Gasteiger partial charge in [0.05, 0.1) is 0 Å². The average molecular weight is 402 g/mol. The maximum Gasteiger partial charge on any atom is 0.289 e. The van der Waals surface area contributed by atoms with Gasteiger partial charge in [-0.2, -0.15) is 0 Å². The number of hydrogen-bond donors (Lipinski definition) is 1. The second-order valence-electron chi connectivity index (χ2n) is 8.10. The van der Waals surface area contributed by atoms with Crippen LogP contribution in [0.4, 0.5) is 5.69 Å². The molecule has 2 aromatic rings. The molecule has 28 heavy (non-hydrogen) atoms. The summed E-state index contributed by atoms with van der Waals surface area (Å²) in [4.78, 5) is 21.4. The zero-order valence-electron chi connectivity index (χ0n) is 16.6. The van der Waals surface area contributed by atoms with Gasteiger partial charge in [0, 0.05) is 62.9 Å². The van der Waals surface area contributed by atoms with Gasteiger partial charge < -0.3 is 19.7 Å². The number of hydrogen-bond acceptors (Lipinski definition) is 4. The molecule has 2 atom stereocenters. The SMILES string of the molecule is Cc1ccc(NCCCN2CC3CN(C(=O)c4nccn4C)CC3C2)cc1Cl. The zero-order chi connectivity index (χ0) is 19.7. The standard InChI is InChI=1S/C21H28ClN5O/c1-15-4-5-18(10-19(15)22)23-6-3-8-26-11-16-13-27(14-17(16)12-26)21(28)20-24-7-9-25(20)2/h4-5,7,9-10,16-17,23H,3,6,8,11-14H2,1-2H3. The van der Waals surface area contributed by atoms with Crippen LogP contribution in [0.2, 0.25) is 5.02 Å². The van der Waals surface area contributed by atoms with E-state index in [1.54, 1.807) is 10.8 Å². The largest absolute Gasteiger partial charge is 0.385 e. The number of nitrogens with one attached hydrogen (secondary N) is 1. The average Bonchev–Trinajstić information content (AvgIpc) is 3.35. The van der Waals surface area contributed by atoms with Gasteiger partial charge in [-0.3, -0.25) is 4.79 Å². The Kier molecular flexibility index (Phi) is 5.60. The monoisotopic (exact) mass is 401 g/mol. The first-order valence-corrected chi connectivity index (χ1v) is 10.4. The maximum absolute atomic E-state index is 12.6. The summed E-state index contributed by atoms with van der Waals surface area (Å²) in [5.41, 5.74) is 2.18. The summed E-state index contributed by atoms with van der Waals surface area (Å²) in [6.07, 6.45) is 4.61. The molecule has 2 aliphatic rings. The predicted molar refractivity (Wildman–Crippen MR) is 112 cm³/mol. The first-order chi connectivity index (χ1) is 13.5.